The minimum Gasteiger partial charge on any atom is -0.497 e. The van der Waals surface area contributed by atoms with Gasteiger partial charge in [0.05, 0.1) is 24.9 Å². The van der Waals surface area contributed by atoms with Crippen LogP contribution >= 0.6 is 43.2 Å². The summed E-state index contributed by atoms with van der Waals surface area (Å²) < 4.78 is 0. The summed E-state index contributed by atoms with van der Waals surface area (Å²) in [5, 5.41) is 307. The Labute approximate surface area is 808 Å². The van der Waals surface area contributed by atoms with Gasteiger partial charge >= 0.3 is 5.97 Å². The van der Waals surface area contributed by atoms with E-state index in [1.807, 2.05) is 0 Å². The minimum absolute atomic E-state index is 0.0122. The number of aliphatic hydroxyl groups excluding tert-OH is 21. The molecule has 1 aromatic rings. The number of amides is 1. The van der Waals surface area contributed by atoms with E-state index < -0.39 is 325 Å². The van der Waals surface area contributed by atoms with Crippen molar-refractivity contribution in [2.45, 2.75) is 272 Å². The molecule has 770 valence electrons. The van der Waals surface area contributed by atoms with Crippen LogP contribution in [0.3, 0.4) is 0 Å². The van der Waals surface area contributed by atoms with Gasteiger partial charge in [0.15, 0.2) is 41.6 Å². The number of unbranched alkanes of at least 4 members (excludes halogenated alkanes) is 1. The summed E-state index contributed by atoms with van der Waals surface area (Å²) in [7, 11) is 3.12. The highest BCUT2D eigenvalue weighted by molar-refractivity contribution is 8.77. The molecule has 39 N–H and O–H groups in total. The van der Waals surface area contributed by atoms with Crippen LogP contribution < -0.4 is 33.6 Å². The molecule has 0 aromatic carbocycles. The van der Waals surface area contributed by atoms with Crippen LogP contribution in [-0.4, -0.2) is 433 Å². The first-order chi connectivity index (χ1) is 65.0. The van der Waals surface area contributed by atoms with Crippen LogP contribution in [0.1, 0.15) is 156 Å². The fraction of sp³-hybridized carbons (Fsp3) is 0.658. The second-order valence-electron chi connectivity index (χ2n) is 32.2. The smallest absolute Gasteiger partial charge is 0.303 e. The van der Waals surface area contributed by atoms with Crippen molar-refractivity contribution < 1.29 is 122 Å². The van der Waals surface area contributed by atoms with E-state index in [0.29, 0.717) is 27.3 Å². The summed E-state index contributed by atoms with van der Waals surface area (Å²) in [5.74, 6) is -26.1. The number of H-pyrrole nitrogens is 1. The molecule has 1 aromatic heterocycles. The summed E-state index contributed by atoms with van der Waals surface area (Å²) in [6, 6.07) is -30.9. The van der Waals surface area contributed by atoms with Crippen LogP contribution in [0.2, 0.25) is 0 Å². The van der Waals surface area contributed by atoms with Gasteiger partial charge in [-0.25, -0.2) is 84.9 Å². The molecule has 1 saturated heterocycles. The number of carboxylic acid groups (broad SMARTS) is 1. The first-order valence-corrected chi connectivity index (χ1v) is 48.6. The van der Waals surface area contributed by atoms with Crippen LogP contribution in [0.15, 0.2) is 92.4 Å². The number of aliphatic carboxylic acids is 1. The Morgan fingerprint density at radius 2 is 0.957 bits per heavy atom. The Hall–Kier alpha value is -12.6. The molecule has 3 aliphatic rings. The number of aromatic nitrogens is 2. The van der Waals surface area contributed by atoms with E-state index in [0.717, 1.165) is 33.4 Å². The first-order valence-electron chi connectivity index (χ1n) is 43.6. The van der Waals surface area contributed by atoms with E-state index in [1.54, 1.807) is 13.8 Å². The fourth-order valence-electron chi connectivity index (χ4n) is 12.9. The minimum atomic E-state index is -1.97. The van der Waals surface area contributed by atoms with E-state index in [-0.39, 0.29) is 103 Å². The van der Waals surface area contributed by atoms with Crippen LogP contribution in [0, 0.1) is 38.4 Å². The van der Waals surface area contributed by atoms with Crippen molar-refractivity contribution in [1.82, 2.24) is 25.5 Å². The van der Waals surface area contributed by atoms with Gasteiger partial charge in [-0.1, -0.05) is 57.0 Å². The van der Waals surface area contributed by atoms with Gasteiger partial charge < -0.3 is 156 Å². The number of carboxylic acids is 1. The molecule has 0 radical (unpaired) electrons. The van der Waals surface area contributed by atoms with Gasteiger partial charge in [-0.15, -0.1) is 0 Å². The largest absolute Gasteiger partial charge is 0.497 e. The van der Waals surface area contributed by atoms with E-state index in [9.17, 15) is 122 Å². The number of aliphatic imine (C=N–C) groups is 16. The normalized spacial score (nSPS) is 25.7. The lowest BCUT2D eigenvalue weighted by Gasteiger charge is -2.26. The Morgan fingerprint density at radius 1 is 0.507 bits per heavy atom. The van der Waals surface area contributed by atoms with Gasteiger partial charge in [-0.05, 0) is 124 Å². The van der Waals surface area contributed by atoms with Gasteiger partial charge in [-0.2, -0.15) is 0 Å². The van der Waals surface area contributed by atoms with Crippen LogP contribution in [0.4, 0.5) is 0 Å². The van der Waals surface area contributed by atoms with E-state index in [1.165, 1.54) is 33.3 Å². The molecular weight excluding hydrogens is 1900 g/mol. The van der Waals surface area contributed by atoms with Gasteiger partial charge in [0.2, 0.25) is 100 Å². The molecule has 19 atom stereocenters. The van der Waals surface area contributed by atoms with Crippen LogP contribution in [0.5, 0.6) is 0 Å². The summed E-state index contributed by atoms with van der Waals surface area (Å²) >= 11 is 0. The van der Waals surface area contributed by atoms with E-state index >= 15 is 0 Å². The molecule has 1 amide bonds. The number of guanidine groups is 2. The number of rotatable bonds is 35. The molecule has 4 heterocycles. The Morgan fingerprint density at radius 3 is 1.47 bits per heavy atom. The number of nitrogens with one attached hydrogen (secondary N) is 9. The zero-order valence-electron chi connectivity index (χ0n) is 76.7. The van der Waals surface area contributed by atoms with E-state index in [4.69, 9.17) is 55.4 Å². The third-order valence-corrected chi connectivity index (χ3v) is 25.1. The predicted molar refractivity (Wildman–Crippen MR) is 537 cm³/mol. The van der Waals surface area contributed by atoms with Gasteiger partial charge in [0.1, 0.15) is 96.7 Å². The Balaban J connectivity index is 2.35. The molecule has 0 saturated carbocycles. The second kappa shape index (κ2) is 60.2. The maximum Gasteiger partial charge on any atom is 0.303 e. The van der Waals surface area contributed by atoms with Gasteiger partial charge in [0, 0.05) is 80.2 Å². The van der Waals surface area contributed by atoms with Gasteiger partial charge in [0.25, 0.3) is 0 Å². The van der Waals surface area contributed by atoms with Crippen LogP contribution in [0.25, 0.3) is 0 Å². The Kier molecular flexibility index (Phi) is 51.3. The zero-order chi connectivity index (χ0) is 103. The highest BCUT2D eigenvalue weighted by Crippen LogP contribution is 2.30. The lowest BCUT2D eigenvalue weighted by atomic mass is 10.0. The van der Waals surface area contributed by atoms with Crippen molar-refractivity contribution in [3.05, 3.63) is 18.2 Å². The molecule has 0 spiro atoms. The highest BCUT2D eigenvalue weighted by atomic mass is 33.1. The fourth-order valence-corrected chi connectivity index (χ4v) is 17.4. The number of imidazole rings is 1. The number of aliphatic hydroxyl groups is 21. The molecule has 59 heteroatoms. The Bertz CT molecular complexity index is 4740. The average molecular weight is 2030 g/mol. The second-order valence-corrected chi connectivity index (χ2v) is 37.3. The molecule has 0 aliphatic carbocycles. The lowest BCUT2D eigenvalue weighted by molar-refractivity contribution is -0.137. The quantitative estimate of drug-likeness (QED) is 0.0176. The summed E-state index contributed by atoms with van der Waals surface area (Å²) in [5.41, 5.74) is 24.0. The van der Waals surface area contributed by atoms with Crippen LogP contribution in [-0.2, 0) is 16.0 Å². The first kappa shape index (κ1) is 118. The summed E-state index contributed by atoms with van der Waals surface area (Å²) in [6.07, 6.45) is -4.70. The number of aromatic amines is 1. The number of carbonyl (C=O) groups excluding carboxylic acids is 1. The maximum atomic E-state index is 14.7. The number of carbonyl (C=O) groups is 2. The molecule has 0 unspecified atom stereocenters. The standard InChI is InChI=1S/C79H131N31O24S4/c1-35(2)26-49-70(127)107-51-31-136-135-30-41(81)63(120)105-50(28-57(84)114)71(128)108-53(73(130)99-42(12-7-8-22-80)64(121)96-38(5)77(134)110-25-11-15-54(110)75(132)102-47(18-21-58(115)116)69(126)109-59(39(6)111)76(133)95-37(4)62(119)104-49)33-138-137-32-52(106-66(123)44(14-10-24-92-79(88)89)98-65(122)43(13-9-23-91-78(86)87)97-61(118)36(3)94-72(51)129)74(131)101-45(16-19-55(82)112)67(124)100-46(17-20-56(83)113)68(125)103-48(60(85)117)27-40-29-90-34-93-40/h29,34-39,41-54,59,111H,7-28,30-33,80-81H2,1-6H3,(H2,82,112)(H2,83,113)(H2,84,114)(H2,85,117)(H,90,93)(H,94,129)(H,95,133)(H,96,121)(H,97,118)(H,98,122)(H,99,130)(H,100,124)(H,101,131)(H,102,132)(H,103,125)(H,104,119)(H,105,120)(H,106,123)(H,107,127)(H,108,128)(H,109,126)(H,115,116)(H4,86,87,91)(H4,88,89,92)/t36-,37-,38-,39+,41+,42-,43-,44-,45-,46-,47-,48-,49-,50+,51+,52-,53-,54-,59-/m0/s1. The van der Waals surface area contributed by atoms with Crippen molar-refractivity contribution >= 4 is 185 Å². The lowest BCUT2D eigenvalue weighted by Crippen LogP contribution is -2.45. The number of fused-ring (bicyclic) bond motifs is 10. The van der Waals surface area contributed by atoms with E-state index in [2.05, 4.69) is 100 Å². The molecule has 55 nitrogen and oxygen atoms in total. The molecule has 3 aliphatic heterocycles. The van der Waals surface area contributed by atoms with Crippen molar-refractivity contribution in [1.29, 1.82) is 32.5 Å². The molecule has 1 fully saturated rings. The average Bonchev–Trinajstić information content (AvgIpc) is 1.66. The van der Waals surface area contributed by atoms with Crippen molar-refractivity contribution in [2.75, 3.05) is 49.2 Å². The third kappa shape index (κ3) is 42.5. The molecule has 4 rings (SSSR count). The maximum absolute atomic E-state index is 14.7. The predicted octanol–water partition coefficient (Wildman–Crippen LogP) is 5.36. The topological polar surface area (TPSA) is 980 Å². The SMILES string of the molecule is CC(C)C[C@@H]1N=C(O)[C@H](C)N=C(O)[C@H]([C@@H](C)O)N=C(O)[C@H](CCC(=O)O)N=C(O)[C@@H]2CCCN2C(=O)[C@H](C)N=C(O)[C@H](CCCCN)N=C(O)[C@@H]2CSSC[C@@H](C(O)=N[C@@H](CCC(=N)O)C(O)=N[C@@H](CCC(=N)O)C(O)=N[C@@H](Cc3cnc[nH]3)C(=N)O)N=C(O)[C@H](CCCNC(=N)N)N=C(O)[C@H](CCCNC(=N)N)N=C(O)[C@H](C)N=C(O)[C@@H](CSSC[C@@H](N)C(O)=N[C@H](CC(=N)O)C(O)=N2)N=C1O. The number of hydrogen-bond donors (Lipinski definition) is 35. The third-order valence-electron chi connectivity index (χ3n) is 20.2. The molecule has 2 bridgehead atoms. The van der Waals surface area contributed by atoms with Crippen molar-refractivity contribution in [3.63, 3.8) is 0 Å². The van der Waals surface area contributed by atoms with Gasteiger partial charge in [-0.3, -0.25) is 42.0 Å². The van der Waals surface area contributed by atoms with Crippen molar-refractivity contribution in [3.8, 4) is 0 Å². The number of nitrogens with two attached hydrogens (primary N) is 4. The highest BCUT2D eigenvalue weighted by Gasteiger charge is 2.39. The summed E-state index contributed by atoms with van der Waals surface area (Å²) in [6.45, 7) is 7.89. The number of nitrogens with zero attached hydrogens (tertiary/aromatic N) is 18. The molecular formula is C79H131N31O24S4. The summed E-state index contributed by atoms with van der Waals surface area (Å²) in [4.78, 5) is 102. The zero-order valence-corrected chi connectivity index (χ0v) is 80.0. The molecule has 138 heavy (non-hydrogen) atoms. The monoisotopic (exact) mass is 2030 g/mol. The van der Waals surface area contributed by atoms with Crippen molar-refractivity contribution in [2.24, 2.45) is 109 Å². The number of hydrogen-bond acceptors (Lipinski definition) is 32.